The molecule has 3 rings (SSSR count). The van der Waals surface area contributed by atoms with E-state index in [9.17, 15) is 10.1 Å². The molecule has 9 heteroatoms. The molecular formula is C11H13N5O3S. The van der Waals surface area contributed by atoms with Crippen LogP contribution in [0.4, 0.5) is 5.00 Å². The van der Waals surface area contributed by atoms with Crippen LogP contribution in [-0.4, -0.2) is 46.1 Å². The smallest absolute Gasteiger partial charge is 0.324 e. The van der Waals surface area contributed by atoms with Crippen molar-refractivity contribution in [2.45, 2.75) is 6.54 Å². The van der Waals surface area contributed by atoms with Crippen molar-refractivity contribution in [2.24, 2.45) is 0 Å². The van der Waals surface area contributed by atoms with E-state index in [4.69, 9.17) is 4.52 Å². The maximum atomic E-state index is 10.7. The van der Waals surface area contributed by atoms with Gasteiger partial charge in [-0.25, -0.2) is 0 Å². The minimum Gasteiger partial charge on any atom is -0.333 e. The molecule has 0 radical (unpaired) electrons. The molecule has 0 atom stereocenters. The standard InChI is InChI=1S/C11H13N5O3S/c17-16(18)10-2-1-8(20-10)11-13-9(14-19-11)7-15-5-3-12-4-6-15/h1-2,12H,3-7H2. The van der Waals surface area contributed by atoms with Crippen LogP contribution in [0.5, 0.6) is 0 Å². The van der Waals surface area contributed by atoms with Crippen molar-refractivity contribution < 1.29 is 9.45 Å². The van der Waals surface area contributed by atoms with Crippen LogP contribution in [0.2, 0.25) is 0 Å². The highest BCUT2D eigenvalue weighted by Gasteiger charge is 2.18. The topological polar surface area (TPSA) is 97.3 Å². The molecule has 0 saturated carbocycles. The summed E-state index contributed by atoms with van der Waals surface area (Å²) in [5.74, 6) is 0.950. The zero-order valence-corrected chi connectivity index (χ0v) is 11.4. The van der Waals surface area contributed by atoms with Crippen LogP contribution in [0.15, 0.2) is 16.7 Å². The van der Waals surface area contributed by atoms with Crippen LogP contribution in [-0.2, 0) is 6.54 Å². The Labute approximate surface area is 118 Å². The first kappa shape index (κ1) is 13.2. The predicted octanol–water partition coefficient (Wildman–Crippen LogP) is 1.11. The number of aromatic nitrogens is 2. The van der Waals surface area contributed by atoms with Gasteiger partial charge in [0.1, 0.15) is 0 Å². The number of rotatable bonds is 4. The third kappa shape index (κ3) is 2.84. The number of piperazine rings is 1. The van der Waals surface area contributed by atoms with Gasteiger partial charge in [-0.2, -0.15) is 4.98 Å². The molecule has 8 nitrogen and oxygen atoms in total. The van der Waals surface area contributed by atoms with Crippen molar-refractivity contribution in [1.29, 1.82) is 0 Å². The third-order valence-corrected chi connectivity index (χ3v) is 4.05. The van der Waals surface area contributed by atoms with Gasteiger partial charge in [-0.05, 0) is 6.07 Å². The van der Waals surface area contributed by atoms with E-state index in [1.54, 1.807) is 6.07 Å². The Kier molecular flexibility index (Phi) is 3.72. The van der Waals surface area contributed by atoms with E-state index in [1.807, 2.05) is 0 Å². The summed E-state index contributed by atoms with van der Waals surface area (Å²) in [7, 11) is 0. The normalized spacial score (nSPS) is 16.4. The number of nitrogens with zero attached hydrogens (tertiary/aromatic N) is 4. The Hall–Kier alpha value is -1.84. The van der Waals surface area contributed by atoms with E-state index >= 15 is 0 Å². The van der Waals surface area contributed by atoms with Gasteiger partial charge in [0.25, 0.3) is 5.89 Å². The predicted molar refractivity (Wildman–Crippen MR) is 72.4 cm³/mol. The van der Waals surface area contributed by atoms with Crippen molar-refractivity contribution in [3.8, 4) is 10.8 Å². The van der Waals surface area contributed by atoms with Gasteiger partial charge in [-0.1, -0.05) is 16.5 Å². The molecule has 2 aromatic rings. The lowest BCUT2D eigenvalue weighted by Crippen LogP contribution is -2.43. The fraction of sp³-hybridized carbons (Fsp3) is 0.455. The second-order valence-electron chi connectivity index (χ2n) is 4.44. The third-order valence-electron chi connectivity index (χ3n) is 3.03. The van der Waals surface area contributed by atoms with Crippen molar-refractivity contribution in [3.63, 3.8) is 0 Å². The van der Waals surface area contributed by atoms with Crippen LogP contribution < -0.4 is 5.32 Å². The molecule has 1 N–H and O–H groups in total. The summed E-state index contributed by atoms with van der Waals surface area (Å²) in [4.78, 5) is 17.4. The molecule has 1 fully saturated rings. The highest BCUT2D eigenvalue weighted by molar-refractivity contribution is 7.18. The second-order valence-corrected chi connectivity index (χ2v) is 5.50. The average molecular weight is 295 g/mol. The Balaban J connectivity index is 1.70. The molecule has 1 aliphatic heterocycles. The summed E-state index contributed by atoms with van der Waals surface area (Å²) in [6.07, 6.45) is 0. The van der Waals surface area contributed by atoms with Crippen LogP contribution in [0.3, 0.4) is 0 Å². The van der Waals surface area contributed by atoms with E-state index in [1.165, 1.54) is 6.07 Å². The molecule has 3 heterocycles. The SMILES string of the molecule is O=[N+]([O-])c1ccc(-c2nc(CN3CCNCC3)no2)s1. The summed E-state index contributed by atoms with van der Waals surface area (Å²) < 4.78 is 5.17. The van der Waals surface area contributed by atoms with Crippen LogP contribution in [0.25, 0.3) is 10.8 Å². The molecule has 0 bridgehead atoms. The molecule has 0 amide bonds. The molecule has 0 aromatic carbocycles. The molecule has 2 aromatic heterocycles. The summed E-state index contributed by atoms with van der Waals surface area (Å²) in [6.45, 7) is 4.46. The molecule has 0 spiro atoms. The van der Waals surface area contributed by atoms with Gasteiger partial charge in [0.05, 0.1) is 16.3 Å². The lowest BCUT2D eigenvalue weighted by atomic mass is 10.3. The highest BCUT2D eigenvalue weighted by atomic mass is 32.1. The van der Waals surface area contributed by atoms with Gasteiger partial charge >= 0.3 is 5.00 Å². The lowest BCUT2D eigenvalue weighted by Gasteiger charge is -2.25. The first-order valence-electron chi connectivity index (χ1n) is 6.22. The lowest BCUT2D eigenvalue weighted by molar-refractivity contribution is -0.380. The average Bonchev–Trinajstić information content (AvgIpc) is 3.08. The minimum absolute atomic E-state index is 0.0712. The first-order valence-corrected chi connectivity index (χ1v) is 7.04. The highest BCUT2D eigenvalue weighted by Crippen LogP contribution is 2.31. The zero-order chi connectivity index (χ0) is 13.9. The molecule has 106 valence electrons. The van der Waals surface area contributed by atoms with Gasteiger partial charge in [0.15, 0.2) is 5.82 Å². The molecule has 20 heavy (non-hydrogen) atoms. The Morgan fingerprint density at radius 1 is 1.45 bits per heavy atom. The van der Waals surface area contributed by atoms with Crippen LogP contribution in [0, 0.1) is 10.1 Å². The van der Waals surface area contributed by atoms with E-state index in [-0.39, 0.29) is 5.00 Å². The summed E-state index contributed by atoms with van der Waals surface area (Å²) >= 11 is 1.03. The van der Waals surface area contributed by atoms with Crippen molar-refractivity contribution >= 4 is 16.3 Å². The summed E-state index contributed by atoms with van der Waals surface area (Å²) in [5, 5.41) is 17.9. The van der Waals surface area contributed by atoms with Crippen LogP contribution in [0.1, 0.15) is 5.82 Å². The Morgan fingerprint density at radius 3 is 2.95 bits per heavy atom. The summed E-state index contributed by atoms with van der Waals surface area (Å²) in [5.41, 5.74) is 0. The van der Waals surface area contributed by atoms with Crippen molar-refractivity contribution in [2.75, 3.05) is 26.2 Å². The molecule has 0 aliphatic carbocycles. The van der Waals surface area contributed by atoms with Crippen LogP contribution >= 0.6 is 11.3 Å². The second kappa shape index (κ2) is 5.65. The molecule has 1 aliphatic rings. The van der Waals surface area contributed by atoms with E-state index in [0.29, 0.717) is 23.1 Å². The van der Waals surface area contributed by atoms with Gasteiger partial charge in [0.2, 0.25) is 0 Å². The number of thiophene rings is 1. The molecule has 0 unspecified atom stereocenters. The molecule has 1 saturated heterocycles. The van der Waals surface area contributed by atoms with E-state index < -0.39 is 4.92 Å². The van der Waals surface area contributed by atoms with E-state index in [2.05, 4.69) is 20.4 Å². The molecular weight excluding hydrogens is 282 g/mol. The largest absolute Gasteiger partial charge is 0.333 e. The van der Waals surface area contributed by atoms with E-state index in [0.717, 1.165) is 37.5 Å². The monoisotopic (exact) mass is 295 g/mol. The summed E-state index contributed by atoms with van der Waals surface area (Å²) in [6, 6.07) is 3.07. The first-order chi connectivity index (χ1) is 9.72. The quantitative estimate of drug-likeness (QED) is 0.666. The van der Waals surface area contributed by atoms with Crippen molar-refractivity contribution in [1.82, 2.24) is 20.4 Å². The number of hydrogen-bond acceptors (Lipinski definition) is 8. The minimum atomic E-state index is -0.424. The van der Waals surface area contributed by atoms with Gasteiger partial charge in [0, 0.05) is 32.2 Å². The fourth-order valence-electron chi connectivity index (χ4n) is 2.03. The van der Waals surface area contributed by atoms with Gasteiger partial charge < -0.3 is 9.84 Å². The van der Waals surface area contributed by atoms with Gasteiger partial charge in [-0.3, -0.25) is 15.0 Å². The Morgan fingerprint density at radius 2 is 2.25 bits per heavy atom. The number of nitro groups is 1. The fourth-order valence-corrected chi connectivity index (χ4v) is 2.77. The zero-order valence-electron chi connectivity index (χ0n) is 10.6. The number of nitrogens with one attached hydrogen (secondary N) is 1. The van der Waals surface area contributed by atoms with Crippen molar-refractivity contribution in [3.05, 3.63) is 28.1 Å². The number of hydrogen-bond donors (Lipinski definition) is 1. The Bertz CT molecular complexity index is 605. The maximum absolute atomic E-state index is 10.7. The van der Waals surface area contributed by atoms with Gasteiger partial charge in [-0.15, -0.1) is 0 Å². The maximum Gasteiger partial charge on any atom is 0.324 e.